The smallest absolute Gasteiger partial charge is 0.220 e. The largest absolute Gasteiger partial charge is 0.395 e. The average Bonchev–Trinajstić information content (AvgIpc) is 2.45. The van der Waals surface area contributed by atoms with Gasteiger partial charge < -0.3 is 25.9 Å². The van der Waals surface area contributed by atoms with Gasteiger partial charge in [-0.1, -0.05) is 0 Å². The number of aliphatic hydroxyl groups excluding tert-OH is 1. The van der Waals surface area contributed by atoms with Crippen molar-refractivity contribution in [2.45, 2.75) is 38.5 Å². The van der Waals surface area contributed by atoms with Crippen molar-refractivity contribution in [2.75, 3.05) is 39.3 Å². The predicted octanol–water partition coefficient (Wildman–Crippen LogP) is -0.105. The zero-order valence-electron chi connectivity index (χ0n) is 12.4. The molecule has 0 radical (unpaired) electrons. The highest BCUT2D eigenvalue weighted by Crippen LogP contribution is 2.02. The van der Waals surface area contributed by atoms with Crippen LogP contribution in [0.15, 0.2) is 0 Å². The summed E-state index contributed by atoms with van der Waals surface area (Å²) >= 11 is 0. The number of aldehydes is 1. The van der Waals surface area contributed by atoms with Crippen LogP contribution in [0.25, 0.3) is 0 Å². The van der Waals surface area contributed by atoms with Gasteiger partial charge in [0.1, 0.15) is 6.29 Å². The third-order valence-electron chi connectivity index (χ3n) is 3.06. The molecule has 0 unspecified atom stereocenters. The normalized spacial score (nSPS) is 10.8. The minimum atomic E-state index is 0.0511. The standard InChI is InChI=1S/C14H29N3O3/c15-7-8-16-14(20)6-2-4-10-17(11-13-19)9-3-1-5-12-18/h12,19H,1-11,13,15H2,(H,16,20). The van der Waals surface area contributed by atoms with E-state index in [0.717, 1.165) is 45.1 Å². The van der Waals surface area contributed by atoms with Crippen molar-refractivity contribution in [1.82, 2.24) is 10.2 Å². The molecule has 0 aromatic carbocycles. The Labute approximate surface area is 121 Å². The quantitative estimate of drug-likeness (QED) is 0.306. The highest BCUT2D eigenvalue weighted by Gasteiger charge is 2.05. The topological polar surface area (TPSA) is 95.7 Å². The molecule has 6 nitrogen and oxygen atoms in total. The summed E-state index contributed by atoms with van der Waals surface area (Å²) in [4.78, 5) is 23.8. The van der Waals surface area contributed by atoms with Crippen LogP contribution in [0.3, 0.4) is 0 Å². The van der Waals surface area contributed by atoms with Crippen LogP contribution in [0.2, 0.25) is 0 Å². The lowest BCUT2D eigenvalue weighted by atomic mass is 10.2. The Hall–Kier alpha value is -0.980. The van der Waals surface area contributed by atoms with E-state index in [1.54, 1.807) is 0 Å². The second-order valence-electron chi connectivity index (χ2n) is 4.82. The molecule has 118 valence electrons. The Morgan fingerprint density at radius 3 is 2.45 bits per heavy atom. The van der Waals surface area contributed by atoms with Crippen LogP contribution in [-0.4, -0.2) is 61.5 Å². The first-order chi connectivity index (χ1) is 9.74. The van der Waals surface area contributed by atoms with Crippen molar-refractivity contribution >= 4 is 12.2 Å². The van der Waals surface area contributed by atoms with Crippen molar-refractivity contribution < 1.29 is 14.7 Å². The molecule has 0 heterocycles. The highest BCUT2D eigenvalue weighted by molar-refractivity contribution is 5.75. The van der Waals surface area contributed by atoms with Gasteiger partial charge in [-0.25, -0.2) is 0 Å². The summed E-state index contributed by atoms with van der Waals surface area (Å²) in [7, 11) is 0. The molecule has 0 rings (SSSR count). The first kappa shape index (κ1) is 19.0. The van der Waals surface area contributed by atoms with Crippen LogP contribution >= 0.6 is 0 Å². The molecule has 4 N–H and O–H groups in total. The summed E-state index contributed by atoms with van der Waals surface area (Å²) < 4.78 is 0. The van der Waals surface area contributed by atoms with Crippen molar-refractivity contribution in [3.63, 3.8) is 0 Å². The van der Waals surface area contributed by atoms with Gasteiger partial charge in [-0.15, -0.1) is 0 Å². The number of rotatable bonds is 14. The second kappa shape index (κ2) is 14.4. The zero-order chi connectivity index (χ0) is 15.1. The maximum absolute atomic E-state index is 11.4. The van der Waals surface area contributed by atoms with E-state index in [-0.39, 0.29) is 12.5 Å². The third kappa shape index (κ3) is 12.1. The van der Waals surface area contributed by atoms with Crippen molar-refractivity contribution in [2.24, 2.45) is 5.73 Å². The van der Waals surface area contributed by atoms with Crippen molar-refractivity contribution in [3.8, 4) is 0 Å². The molecule has 1 amide bonds. The van der Waals surface area contributed by atoms with Crippen LogP contribution in [-0.2, 0) is 9.59 Å². The SMILES string of the molecule is NCCNC(=O)CCCCN(CCO)CCCCC=O. The summed E-state index contributed by atoms with van der Waals surface area (Å²) in [6.45, 7) is 3.58. The van der Waals surface area contributed by atoms with Gasteiger partial charge in [-0.2, -0.15) is 0 Å². The zero-order valence-corrected chi connectivity index (χ0v) is 12.4. The number of hydrogen-bond donors (Lipinski definition) is 3. The van der Waals surface area contributed by atoms with Gasteiger partial charge in [0.05, 0.1) is 6.61 Å². The van der Waals surface area contributed by atoms with Gasteiger partial charge in [0.15, 0.2) is 0 Å². The van der Waals surface area contributed by atoms with E-state index in [0.29, 0.717) is 32.5 Å². The van der Waals surface area contributed by atoms with Gasteiger partial charge in [0.25, 0.3) is 0 Å². The lowest BCUT2D eigenvalue weighted by Crippen LogP contribution is -2.30. The Morgan fingerprint density at radius 2 is 1.85 bits per heavy atom. The van der Waals surface area contributed by atoms with Gasteiger partial charge in [-0.05, 0) is 38.8 Å². The number of carbonyl (C=O) groups is 2. The number of nitrogens with one attached hydrogen (secondary N) is 1. The number of aliphatic hydroxyl groups is 1. The van der Waals surface area contributed by atoms with Crippen LogP contribution in [0.1, 0.15) is 38.5 Å². The molecule has 0 aliphatic rings. The van der Waals surface area contributed by atoms with Crippen LogP contribution < -0.4 is 11.1 Å². The first-order valence-corrected chi connectivity index (χ1v) is 7.48. The van der Waals surface area contributed by atoms with E-state index in [9.17, 15) is 9.59 Å². The molecule has 0 aliphatic carbocycles. The van der Waals surface area contributed by atoms with Gasteiger partial charge in [0, 0.05) is 32.5 Å². The fraction of sp³-hybridized carbons (Fsp3) is 0.857. The number of amides is 1. The highest BCUT2D eigenvalue weighted by atomic mass is 16.3. The van der Waals surface area contributed by atoms with Gasteiger partial charge in [0.2, 0.25) is 5.91 Å². The molecule has 0 atom stereocenters. The van der Waals surface area contributed by atoms with Crippen LogP contribution in [0.4, 0.5) is 0 Å². The van der Waals surface area contributed by atoms with E-state index < -0.39 is 0 Å². The molecule has 0 spiro atoms. The van der Waals surface area contributed by atoms with Crippen molar-refractivity contribution in [3.05, 3.63) is 0 Å². The fourth-order valence-electron chi connectivity index (χ4n) is 1.96. The minimum Gasteiger partial charge on any atom is -0.395 e. The maximum atomic E-state index is 11.4. The number of unbranched alkanes of at least 4 members (excludes halogenated alkanes) is 3. The molecular formula is C14H29N3O3. The fourth-order valence-corrected chi connectivity index (χ4v) is 1.96. The summed E-state index contributed by atoms with van der Waals surface area (Å²) in [5, 5.41) is 11.8. The molecular weight excluding hydrogens is 258 g/mol. The Kier molecular flexibility index (Phi) is 13.7. The van der Waals surface area contributed by atoms with E-state index in [2.05, 4.69) is 10.2 Å². The Balaban J connectivity index is 3.63. The third-order valence-corrected chi connectivity index (χ3v) is 3.06. The van der Waals surface area contributed by atoms with E-state index in [1.807, 2.05) is 0 Å². The molecule has 0 aliphatic heterocycles. The Bertz CT molecular complexity index is 250. The summed E-state index contributed by atoms with van der Waals surface area (Å²) in [6.07, 6.45) is 5.71. The van der Waals surface area contributed by atoms with E-state index >= 15 is 0 Å². The van der Waals surface area contributed by atoms with Crippen molar-refractivity contribution in [1.29, 1.82) is 0 Å². The number of nitrogens with zero attached hydrogens (tertiary/aromatic N) is 1. The molecule has 0 saturated carbocycles. The number of carbonyl (C=O) groups excluding carboxylic acids is 2. The maximum Gasteiger partial charge on any atom is 0.220 e. The molecule has 0 fully saturated rings. The van der Waals surface area contributed by atoms with Crippen LogP contribution in [0, 0.1) is 0 Å². The summed E-state index contributed by atoms with van der Waals surface area (Å²) in [5.41, 5.74) is 5.31. The molecule has 20 heavy (non-hydrogen) atoms. The lowest BCUT2D eigenvalue weighted by molar-refractivity contribution is -0.121. The van der Waals surface area contributed by atoms with Gasteiger partial charge >= 0.3 is 0 Å². The minimum absolute atomic E-state index is 0.0511. The summed E-state index contributed by atoms with van der Waals surface area (Å²) in [5.74, 6) is 0.0511. The first-order valence-electron chi connectivity index (χ1n) is 7.48. The summed E-state index contributed by atoms with van der Waals surface area (Å²) in [6, 6.07) is 0. The molecule has 0 aromatic heterocycles. The lowest BCUT2D eigenvalue weighted by Gasteiger charge is -2.20. The number of nitrogens with two attached hydrogens (primary N) is 1. The molecule has 0 saturated heterocycles. The Morgan fingerprint density at radius 1 is 1.15 bits per heavy atom. The number of hydrogen-bond acceptors (Lipinski definition) is 5. The monoisotopic (exact) mass is 287 g/mol. The van der Waals surface area contributed by atoms with E-state index in [4.69, 9.17) is 10.8 Å². The second-order valence-corrected chi connectivity index (χ2v) is 4.82. The molecule has 0 bridgehead atoms. The van der Waals surface area contributed by atoms with Crippen LogP contribution in [0.5, 0.6) is 0 Å². The molecule has 6 heteroatoms. The predicted molar refractivity (Wildman–Crippen MR) is 79.4 cm³/mol. The molecule has 0 aromatic rings. The van der Waals surface area contributed by atoms with E-state index in [1.165, 1.54) is 0 Å². The van der Waals surface area contributed by atoms with Gasteiger partial charge in [-0.3, -0.25) is 4.79 Å². The average molecular weight is 287 g/mol.